The molecule has 16 heavy (non-hydrogen) atoms. The minimum absolute atomic E-state index is 0.0695. The number of rotatable bonds is 5. The van der Waals surface area contributed by atoms with Crippen molar-refractivity contribution in [3.8, 4) is 0 Å². The first-order chi connectivity index (χ1) is 7.58. The van der Waals surface area contributed by atoms with E-state index >= 15 is 0 Å². The number of alkyl halides is 1. The average molecular weight is 351 g/mol. The van der Waals surface area contributed by atoms with Crippen LogP contribution in [0.15, 0.2) is 12.1 Å². The van der Waals surface area contributed by atoms with Crippen molar-refractivity contribution in [1.29, 1.82) is 0 Å². The van der Waals surface area contributed by atoms with Gasteiger partial charge in [0.15, 0.2) is 0 Å². The van der Waals surface area contributed by atoms with Crippen LogP contribution in [0, 0.1) is 5.92 Å². The molecule has 0 radical (unpaired) electrons. The SMILES string of the molecule is CCc1ccc(C(=O)NC(CI)C(C)C)s1. The molecule has 2 nitrogen and oxygen atoms in total. The molecule has 1 amide bonds. The molecule has 0 bridgehead atoms. The molecule has 90 valence electrons. The topological polar surface area (TPSA) is 29.1 Å². The van der Waals surface area contributed by atoms with Crippen LogP contribution in [0.2, 0.25) is 0 Å². The number of carbonyl (C=O) groups excluding carboxylic acids is 1. The summed E-state index contributed by atoms with van der Waals surface area (Å²) in [7, 11) is 0. The van der Waals surface area contributed by atoms with Crippen LogP contribution in [0.1, 0.15) is 35.3 Å². The standard InChI is InChI=1S/C12H18INOS/c1-4-9-5-6-11(16-9)12(15)14-10(7-13)8(2)3/h5-6,8,10H,4,7H2,1-3H3,(H,14,15). The molecule has 0 aromatic carbocycles. The zero-order valence-electron chi connectivity index (χ0n) is 9.92. The van der Waals surface area contributed by atoms with E-state index in [0.29, 0.717) is 5.92 Å². The Hall–Kier alpha value is -0.100. The van der Waals surface area contributed by atoms with Gasteiger partial charge in [0.2, 0.25) is 0 Å². The van der Waals surface area contributed by atoms with E-state index in [-0.39, 0.29) is 11.9 Å². The summed E-state index contributed by atoms with van der Waals surface area (Å²) >= 11 is 3.91. The number of amides is 1. The van der Waals surface area contributed by atoms with Crippen molar-refractivity contribution in [3.63, 3.8) is 0 Å². The largest absolute Gasteiger partial charge is 0.348 e. The summed E-state index contributed by atoms with van der Waals surface area (Å²) in [6.07, 6.45) is 0.998. The van der Waals surface area contributed by atoms with Gasteiger partial charge in [0.25, 0.3) is 5.91 Å². The molecule has 0 saturated carbocycles. The van der Waals surface area contributed by atoms with Crippen LogP contribution >= 0.6 is 33.9 Å². The molecule has 0 saturated heterocycles. The van der Waals surface area contributed by atoms with E-state index in [1.54, 1.807) is 11.3 Å². The van der Waals surface area contributed by atoms with Crippen molar-refractivity contribution in [2.75, 3.05) is 4.43 Å². The van der Waals surface area contributed by atoms with Crippen LogP contribution in [0.4, 0.5) is 0 Å². The van der Waals surface area contributed by atoms with Crippen LogP contribution in [0.25, 0.3) is 0 Å². The van der Waals surface area contributed by atoms with Crippen LogP contribution in [0.5, 0.6) is 0 Å². The van der Waals surface area contributed by atoms with Gasteiger partial charge in [0.1, 0.15) is 0 Å². The second-order valence-electron chi connectivity index (χ2n) is 4.10. The van der Waals surface area contributed by atoms with Crippen molar-refractivity contribution in [2.45, 2.75) is 33.2 Å². The fourth-order valence-corrected chi connectivity index (χ4v) is 3.40. The van der Waals surface area contributed by atoms with E-state index < -0.39 is 0 Å². The molecule has 0 aliphatic heterocycles. The summed E-state index contributed by atoms with van der Waals surface area (Å²) < 4.78 is 0.952. The highest BCUT2D eigenvalue weighted by Crippen LogP contribution is 2.17. The van der Waals surface area contributed by atoms with Gasteiger partial charge in [-0.2, -0.15) is 0 Å². The molecule has 4 heteroatoms. The lowest BCUT2D eigenvalue weighted by molar-refractivity contribution is 0.0936. The first-order valence-electron chi connectivity index (χ1n) is 5.54. The average Bonchev–Trinajstić information content (AvgIpc) is 2.73. The van der Waals surface area contributed by atoms with Crippen LogP contribution in [-0.4, -0.2) is 16.4 Å². The summed E-state index contributed by atoms with van der Waals surface area (Å²) in [5.41, 5.74) is 0. The van der Waals surface area contributed by atoms with Gasteiger partial charge in [-0.05, 0) is 24.5 Å². The molecule has 1 unspecified atom stereocenters. The number of aryl methyl sites for hydroxylation is 1. The quantitative estimate of drug-likeness (QED) is 0.639. The maximum absolute atomic E-state index is 11.9. The minimum atomic E-state index is 0.0695. The Morgan fingerprint density at radius 3 is 2.62 bits per heavy atom. The molecule has 1 atom stereocenters. The molecule has 0 aliphatic rings. The lowest BCUT2D eigenvalue weighted by Crippen LogP contribution is -2.39. The van der Waals surface area contributed by atoms with Crippen LogP contribution in [-0.2, 0) is 6.42 Å². The van der Waals surface area contributed by atoms with Gasteiger partial charge in [0.05, 0.1) is 4.88 Å². The second kappa shape index (κ2) is 6.59. The highest BCUT2D eigenvalue weighted by Gasteiger charge is 2.16. The Kier molecular flexibility index (Phi) is 5.75. The Bertz CT molecular complexity index is 349. The van der Waals surface area contributed by atoms with E-state index in [1.165, 1.54) is 4.88 Å². The smallest absolute Gasteiger partial charge is 0.261 e. The van der Waals surface area contributed by atoms with Gasteiger partial charge >= 0.3 is 0 Å². The van der Waals surface area contributed by atoms with E-state index in [9.17, 15) is 4.79 Å². The first kappa shape index (κ1) is 14.0. The summed E-state index contributed by atoms with van der Waals surface area (Å²) in [5.74, 6) is 0.548. The predicted molar refractivity (Wildman–Crippen MR) is 78.7 cm³/mol. The first-order valence-corrected chi connectivity index (χ1v) is 7.88. The Morgan fingerprint density at radius 1 is 1.50 bits per heavy atom. The van der Waals surface area contributed by atoms with Gasteiger partial charge in [0, 0.05) is 15.3 Å². The van der Waals surface area contributed by atoms with Crippen molar-refractivity contribution in [3.05, 3.63) is 21.9 Å². The highest BCUT2D eigenvalue weighted by molar-refractivity contribution is 14.1. The molecule has 0 aliphatic carbocycles. The number of halogens is 1. The summed E-state index contributed by atoms with van der Waals surface area (Å²) in [4.78, 5) is 14.0. The molecule has 0 fully saturated rings. The zero-order chi connectivity index (χ0) is 12.1. The van der Waals surface area contributed by atoms with E-state index in [0.717, 1.165) is 15.7 Å². The molecule has 1 heterocycles. The molecule has 1 aromatic rings. The zero-order valence-corrected chi connectivity index (χ0v) is 12.9. The van der Waals surface area contributed by atoms with E-state index in [4.69, 9.17) is 0 Å². The lowest BCUT2D eigenvalue weighted by Gasteiger charge is -2.19. The van der Waals surface area contributed by atoms with E-state index in [1.807, 2.05) is 12.1 Å². The van der Waals surface area contributed by atoms with Gasteiger partial charge in [-0.3, -0.25) is 4.79 Å². The summed E-state index contributed by atoms with van der Waals surface area (Å²) in [5, 5.41) is 3.08. The maximum Gasteiger partial charge on any atom is 0.261 e. The minimum Gasteiger partial charge on any atom is -0.348 e. The maximum atomic E-state index is 11.9. The van der Waals surface area contributed by atoms with Crippen LogP contribution in [0.3, 0.4) is 0 Å². The molecule has 1 aromatic heterocycles. The normalized spacial score (nSPS) is 12.8. The third-order valence-corrected chi connectivity index (χ3v) is 4.70. The fourth-order valence-electron chi connectivity index (χ4n) is 1.31. The van der Waals surface area contributed by atoms with Gasteiger partial charge in [-0.15, -0.1) is 11.3 Å². The number of nitrogens with one attached hydrogen (secondary N) is 1. The molecule has 0 spiro atoms. The van der Waals surface area contributed by atoms with Gasteiger partial charge in [-0.25, -0.2) is 0 Å². The summed E-state index contributed by atoms with van der Waals surface area (Å²) in [6.45, 7) is 6.38. The number of hydrogen-bond acceptors (Lipinski definition) is 2. The number of thiophene rings is 1. The number of carbonyl (C=O) groups is 1. The van der Waals surface area contributed by atoms with Crippen molar-refractivity contribution >= 4 is 39.8 Å². The molecule has 1 N–H and O–H groups in total. The van der Waals surface area contributed by atoms with Gasteiger partial charge in [-0.1, -0.05) is 43.4 Å². The second-order valence-corrected chi connectivity index (χ2v) is 6.15. The van der Waals surface area contributed by atoms with Crippen molar-refractivity contribution in [2.24, 2.45) is 5.92 Å². The highest BCUT2D eigenvalue weighted by atomic mass is 127. The fraction of sp³-hybridized carbons (Fsp3) is 0.583. The molecular formula is C12H18INOS. The third-order valence-electron chi connectivity index (χ3n) is 2.52. The Labute approximate surface area is 115 Å². The Balaban J connectivity index is 2.64. The van der Waals surface area contributed by atoms with Crippen LogP contribution < -0.4 is 5.32 Å². The third kappa shape index (κ3) is 3.73. The lowest BCUT2D eigenvalue weighted by atomic mass is 10.1. The number of hydrogen-bond donors (Lipinski definition) is 1. The molecular weight excluding hydrogens is 333 g/mol. The molecule has 1 rings (SSSR count). The van der Waals surface area contributed by atoms with Crippen molar-refractivity contribution < 1.29 is 4.79 Å². The predicted octanol–water partition coefficient (Wildman–Crippen LogP) is 3.50. The van der Waals surface area contributed by atoms with Gasteiger partial charge < -0.3 is 5.32 Å². The monoisotopic (exact) mass is 351 g/mol. The van der Waals surface area contributed by atoms with E-state index in [2.05, 4.69) is 48.7 Å². The Morgan fingerprint density at radius 2 is 2.19 bits per heavy atom. The van der Waals surface area contributed by atoms with Crippen molar-refractivity contribution in [1.82, 2.24) is 5.32 Å². The summed E-state index contributed by atoms with van der Waals surface area (Å²) in [6, 6.07) is 4.22.